The smallest absolute Gasteiger partial charge is 0.149 e. The molecule has 1 aromatic heterocycles. The van der Waals surface area contributed by atoms with Gasteiger partial charge in [-0.2, -0.15) is 0 Å². The summed E-state index contributed by atoms with van der Waals surface area (Å²) in [5.41, 5.74) is 7.56. The van der Waals surface area contributed by atoms with Crippen LogP contribution in [0.4, 0.5) is 5.82 Å². The van der Waals surface area contributed by atoms with E-state index < -0.39 is 0 Å². The van der Waals surface area contributed by atoms with E-state index >= 15 is 0 Å². The summed E-state index contributed by atoms with van der Waals surface area (Å²) in [5, 5.41) is 0. The highest BCUT2D eigenvalue weighted by Crippen LogP contribution is 2.24. The van der Waals surface area contributed by atoms with Gasteiger partial charge in [0.25, 0.3) is 0 Å². The molecule has 3 nitrogen and oxygen atoms in total. The van der Waals surface area contributed by atoms with Gasteiger partial charge in [0.05, 0.1) is 12.0 Å². The van der Waals surface area contributed by atoms with Gasteiger partial charge in [0, 0.05) is 10.0 Å². The Balaban J connectivity index is 2.53. The van der Waals surface area contributed by atoms with Gasteiger partial charge < -0.3 is 10.7 Å². The Labute approximate surface area is 84.1 Å². The molecule has 0 bridgehead atoms. The zero-order chi connectivity index (χ0) is 9.26. The second kappa shape index (κ2) is 3.22. The van der Waals surface area contributed by atoms with Gasteiger partial charge in [-0.3, -0.25) is 0 Å². The lowest BCUT2D eigenvalue weighted by atomic mass is 10.1. The number of hydrogen-bond donors (Lipinski definition) is 2. The van der Waals surface area contributed by atoms with Gasteiger partial charge >= 0.3 is 0 Å². The topological polar surface area (TPSA) is 54.7 Å². The Kier molecular flexibility index (Phi) is 2.06. The van der Waals surface area contributed by atoms with Crippen molar-refractivity contribution in [2.45, 2.75) is 0 Å². The van der Waals surface area contributed by atoms with Crippen molar-refractivity contribution in [3.8, 4) is 11.3 Å². The second-order valence-electron chi connectivity index (χ2n) is 2.67. The Bertz CT molecular complexity index is 422. The number of imidazole rings is 1. The highest BCUT2D eigenvalue weighted by molar-refractivity contribution is 9.10. The van der Waals surface area contributed by atoms with Crippen LogP contribution < -0.4 is 5.73 Å². The van der Waals surface area contributed by atoms with Gasteiger partial charge in [-0.1, -0.05) is 28.1 Å². The van der Waals surface area contributed by atoms with Crippen molar-refractivity contribution in [1.29, 1.82) is 0 Å². The molecule has 2 aromatic rings. The summed E-state index contributed by atoms with van der Waals surface area (Å²) >= 11 is 3.40. The maximum Gasteiger partial charge on any atom is 0.149 e. The number of nitrogens with two attached hydrogens (primary N) is 1. The predicted molar refractivity (Wildman–Crippen MR) is 56.1 cm³/mol. The summed E-state index contributed by atoms with van der Waals surface area (Å²) < 4.78 is 1.03. The number of hydrogen-bond acceptors (Lipinski definition) is 2. The van der Waals surface area contributed by atoms with E-state index in [4.69, 9.17) is 5.73 Å². The van der Waals surface area contributed by atoms with Crippen LogP contribution in [0.2, 0.25) is 0 Å². The van der Waals surface area contributed by atoms with E-state index in [0.717, 1.165) is 15.7 Å². The third kappa shape index (κ3) is 1.58. The lowest BCUT2D eigenvalue weighted by Gasteiger charge is -1.99. The molecule has 3 N–H and O–H groups in total. The van der Waals surface area contributed by atoms with Crippen LogP contribution in [-0.2, 0) is 0 Å². The number of nitrogens with zero attached hydrogens (tertiary/aromatic N) is 1. The van der Waals surface area contributed by atoms with E-state index in [1.165, 1.54) is 0 Å². The van der Waals surface area contributed by atoms with Gasteiger partial charge in [0.1, 0.15) is 5.82 Å². The molecular formula is C9H8BrN3. The second-order valence-corrected chi connectivity index (χ2v) is 3.59. The Morgan fingerprint density at radius 3 is 2.85 bits per heavy atom. The first-order chi connectivity index (χ1) is 6.27. The van der Waals surface area contributed by atoms with Gasteiger partial charge in [-0.25, -0.2) is 4.98 Å². The molecule has 0 unspecified atom stereocenters. The number of aromatic nitrogens is 2. The fourth-order valence-electron chi connectivity index (χ4n) is 1.18. The molecule has 0 saturated carbocycles. The van der Waals surface area contributed by atoms with Gasteiger partial charge in [0.2, 0.25) is 0 Å². The largest absolute Gasteiger partial charge is 0.382 e. The van der Waals surface area contributed by atoms with E-state index in [1.54, 1.807) is 6.33 Å². The molecule has 4 heteroatoms. The minimum absolute atomic E-state index is 0.526. The molecule has 0 saturated heterocycles. The molecule has 0 aliphatic rings. The molecule has 0 radical (unpaired) electrons. The van der Waals surface area contributed by atoms with E-state index in [9.17, 15) is 0 Å². The monoisotopic (exact) mass is 237 g/mol. The van der Waals surface area contributed by atoms with Crippen molar-refractivity contribution in [3.05, 3.63) is 35.1 Å². The summed E-state index contributed by atoms with van der Waals surface area (Å²) in [7, 11) is 0. The molecule has 2 rings (SSSR count). The van der Waals surface area contributed by atoms with E-state index in [2.05, 4.69) is 25.9 Å². The highest BCUT2D eigenvalue weighted by Gasteiger charge is 2.03. The molecule has 0 amide bonds. The summed E-state index contributed by atoms with van der Waals surface area (Å²) in [6.07, 6.45) is 1.59. The molecule has 0 fully saturated rings. The SMILES string of the molecule is Nc1nc[nH]c1-c1cccc(Br)c1. The lowest BCUT2D eigenvalue weighted by molar-refractivity contribution is 1.31. The van der Waals surface area contributed by atoms with Crippen LogP contribution in [0, 0.1) is 0 Å². The van der Waals surface area contributed by atoms with Crippen LogP contribution in [0.15, 0.2) is 35.1 Å². The molecule has 66 valence electrons. The third-order valence-electron chi connectivity index (χ3n) is 1.78. The van der Waals surface area contributed by atoms with Crippen LogP contribution in [0.3, 0.4) is 0 Å². The van der Waals surface area contributed by atoms with Crippen LogP contribution in [0.25, 0.3) is 11.3 Å². The van der Waals surface area contributed by atoms with Crippen LogP contribution in [0.1, 0.15) is 0 Å². The fourth-order valence-corrected chi connectivity index (χ4v) is 1.58. The van der Waals surface area contributed by atoms with Crippen molar-refractivity contribution in [3.63, 3.8) is 0 Å². The number of halogens is 1. The Morgan fingerprint density at radius 1 is 1.38 bits per heavy atom. The average Bonchev–Trinajstić information content (AvgIpc) is 2.51. The molecule has 13 heavy (non-hydrogen) atoms. The summed E-state index contributed by atoms with van der Waals surface area (Å²) in [6.45, 7) is 0. The first-order valence-electron chi connectivity index (χ1n) is 3.82. The van der Waals surface area contributed by atoms with Gasteiger partial charge in [-0.05, 0) is 12.1 Å². The minimum Gasteiger partial charge on any atom is -0.382 e. The number of nitrogens with one attached hydrogen (secondary N) is 1. The third-order valence-corrected chi connectivity index (χ3v) is 2.28. The van der Waals surface area contributed by atoms with Crippen LogP contribution in [-0.4, -0.2) is 9.97 Å². The molecule has 0 atom stereocenters. The number of aromatic amines is 1. The molecular weight excluding hydrogens is 230 g/mol. The molecule has 1 heterocycles. The van der Waals surface area contributed by atoms with Crippen LogP contribution >= 0.6 is 15.9 Å². The quantitative estimate of drug-likeness (QED) is 0.801. The van der Waals surface area contributed by atoms with Crippen molar-refractivity contribution in [2.24, 2.45) is 0 Å². The van der Waals surface area contributed by atoms with E-state index in [-0.39, 0.29) is 0 Å². The zero-order valence-electron chi connectivity index (χ0n) is 6.79. The number of nitrogen functional groups attached to an aromatic ring is 1. The van der Waals surface area contributed by atoms with Crippen molar-refractivity contribution in [2.75, 3.05) is 5.73 Å². The summed E-state index contributed by atoms with van der Waals surface area (Å²) in [4.78, 5) is 6.92. The fraction of sp³-hybridized carbons (Fsp3) is 0. The van der Waals surface area contributed by atoms with Crippen molar-refractivity contribution in [1.82, 2.24) is 9.97 Å². The maximum atomic E-state index is 5.66. The maximum absolute atomic E-state index is 5.66. The van der Waals surface area contributed by atoms with Crippen molar-refractivity contribution >= 4 is 21.7 Å². The first kappa shape index (κ1) is 8.31. The van der Waals surface area contributed by atoms with Gasteiger partial charge in [0.15, 0.2) is 0 Å². The lowest BCUT2D eigenvalue weighted by Crippen LogP contribution is -1.88. The Hall–Kier alpha value is -1.29. The minimum atomic E-state index is 0.526. The average molecular weight is 238 g/mol. The number of benzene rings is 1. The predicted octanol–water partition coefficient (Wildman–Crippen LogP) is 2.42. The van der Waals surface area contributed by atoms with E-state index in [1.807, 2.05) is 24.3 Å². The Morgan fingerprint density at radius 2 is 2.23 bits per heavy atom. The first-order valence-corrected chi connectivity index (χ1v) is 4.61. The standard InChI is InChI=1S/C9H8BrN3/c10-7-3-1-2-6(4-7)8-9(11)13-5-12-8/h1-5H,11H2,(H,12,13). The normalized spacial score (nSPS) is 10.2. The number of rotatable bonds is 1. The molecule has 0 aliphatic carbocycles. The highest BCUT2D eigenvalue weighted by atomic mass is 79.9. The van der Waals surface area contributed by atoms with Crippen LogP contribution in [0.5, 0.6) is 0 Å². The van der Waals surface area contributed by atoms with E-state index in [0.29, 0.717) is 5.82 Å². The summed E-state index contributed by atoms with van der Waals surface area (Å²) in [5.74, 6) is 0.526. The van der Waals surface area contributed by atoms with Gasteiger partial charge in [-0.15, -0.1) is 0 Å². The number of H-pyrrole nitrogens is 1. The molecule has 0 aliphatic heterocycles. The molecule has 1 aromatic carbocycles. The molecule has 0 spiro atoms. The summed E-state index contributed by atoms with van der Waals surface area (Å²) in [6, 6.07) is 7.90. The van der Waals surface area contributed by atoms with Crippen molar-refractivity contribution < 1.29 is 0 Å². The zero-order valence-corrected chi connectivity index (χ0v) is 8.38. The number of anilines is 1.